The molecular weight excluding hydrogens is 353 g/mol. The molecule has 4 rings (SSSR count). The van der Waals surface area contributed by atoms with E-state index >= 15 is 0 Å². The first kappa shape index (κ1) is 18.9. The fraction of sp³-hybridized carbons (Fsp3) is 0.435. The van der Waals surface area contributed by atoms with Gasteiger partial charge in [-0.3, -0.25) is 4.98 Å². The average molecular weight is 381 g/mol. The number of hydrogen-bond acceptors (Lipinski definition) is 4. The minimum Gasteiger partial charge on any atom is -0.386 e. The summed E-state index contributed by atoms with van der Waals surface area (Å²) >= 11 is 0. The molecule has 0 spiro atoms. The normalized spacial score (nSPS) is 21.4. The molecule has 1 fully saturated rings. The Balaban J connectivity index is 1.51. The third-order valence-electron chi connectivity index (χ3n) is 6.08. The van der Waals surface area contributed by atoms with Gasteiger partial charge in [0.25, 0.3) is 0 Å². The molecule has 0 bridgehead atoms. The smallest absolute Gasteiger partial charge is 0.131 e. The van der Waals surface area contributed by atoms with Gasteiger partial charge in [0.05, 0.1) is 5.69 Å². The molecule has 1 saturated carbocycles. The summed E-state index contributed by atoms with van der Waals surface area (Å²) in [6.07, 6.45) is 8.18. The zero-order valence-electron chi connectivity index (χ0n) is 16.5. The van der Waals surface area contributed by atoms with Crippen LogP contribution in [0.3, 0.4) is 0 Å². The Hall–Kier alpha value is -2.40. The van der Waals surface area contributed by atoms with Crippen molar-refractivity contribution in [3.63, 3.8) is 0 Å². The second kappa shape index (κ2) is 7.55. The SMILES string of the molecule is CC[C@H]1CC(NC(C)c2ccc(-c3ccnc(C4(O)CCC4)c3)c(F)c2)=CN1. The van der Waals surface area contributed by atoms with Gasteiger partial charge in [-0.25, -0.2) is 4.39 Å². The van der Waals surface area contributed by atoms with Gasteiger partial charge in [-0.1, -0.05) is 19.1 Å². The highest BCUT2D eigenvalue weighted by molar-refractivity contribution is 5.65. The summed E-state index contributed by atoms with van der Waals surface area (Å²) in [6.45, 7) is 4.21. The molecule has 2 atom stereocenters. The molecule has 3 N–H and O–H groups in total. The van der Waals surface area contributed by atoms with Gasteiger partial charge >= 0.3 is 0 Å². The zero-order valence-corrected chi connectivity index (χ0v) is 16.5. The number of halogens is 1. The van der Waals surface area contributed by atoms with Crippen LogP contribution in [0.1, 0.15) is 63.3 Å². The number of hydrogen-bond donors (Lipinski definition) is 3. The van der Waals surface area contributed by atoms with Gasteiger partial charge < -0.3 is 15.7 Å². The zero-order chi connectivity index (χ0) is 19.7. The quantitative estimate of drug-likeness (QED) is 0.688. The van der Waals surface area contributed by atoms with Gasteiger partial charge in [-0.2, -0.15) is 0 Å². The van der Waals surface area contributed by atoms with Crippen LogP contribution in [0.5, 0.6) is 0 Å². The van der Waals surface area contributed by atoms with E-state index < -0.39 is 5.60 Å². The molecule has 0 radical (unpaired) electrons. The van der Waals surface area contributed by atoms with Crippen molar-refractivity contribution in [1.82, 2.24) is 15.6 Å². The Morgan fingerprint density at radius 1 is 1.32 bits per heavy atom. The van der Waals surface area contributed by atoms with Crippen molar-refractivity contribution in [1.29, 1.82) is 0 Å². The van der Waals surface area contributed by atoms with E-state index in [1.54, 1.807) is 18.3 Å². The Bertz CT molecular complexity index is 891. The largest absolute Gasteiger partial charge is 0.386 e. The van der Waals surface area contributed by atoms with E-state index in [0.29, 0.717) is 17.3 Å². The van der Waals surface area contributed by atoms with E-state index in [4.69, 9.17) is 0 Å². The predicted molar refractivity (Wildman–Crippen MR) is 109 cm³/mol. The first-order chi connectivity index (χ1) is 13.5. The molecule has 2 heterocycles. The van der Waals surface area contributed by atoms with Crippen LogP contribution in [0.2, 0.25) is 0 Å². The molecule has 1 aromatic carbocycles. The Morgan fingerprint density at radius 3 is 2.79 bits per heavy atom. The third-order valence-corrected chi connectivity index (χ3v) is 6.08. The van der Waals surface area contributed by atoms with E-state index in [0.717, 1.165) is 48.9 Å². The van der Waals surface area contributed by atoms with Gasteiger partial charge in [-0.05, 0) is 61.9 Å². The number of nitrogens with one attached hydrogen (secondary N) is 2. The van der Waals surface area contributed by atoms with Crippen LogP contribution in [0.15, 0.2) is 48.4 Å². The molecule has 5 heteroatoms. The Kier molecular flexibility index (Phi) is 5.11. The number of nitrogens with zero attached hydrogens (tertiary/aromatic N) is 1. The van der Waals surface area contributed by atoms with Crippen molar-refractivity contribution in [2.45, 2.75) is 63.6 Å². The summed E-state index contributed by atoms with van der Waals surface area (Å²) in [6, 6.07) is 9.52. The standard InChI is InChI=1S/C23H28FN3O/c1-3-18-13-19(14-26-18)27-15(2)16-5-6-20(21(24)11-16)17-7-10-25-22(12-17)23(28)8-4-9-23/h5-7,10-12,14-15,18,26-28H,3-4,8-9,13H2,1-2H3/t15?,18-/m0/s1. The van der Waals surface area contributed by atoms with E-state index in [2.05, 4.69) is 22.5 Å². The first-order valence-corrected chi connectivity index (χ1v) is 10.2. The lowest BCUT2D eigenvalue weighted by molar-refractivity contribution is -0.0425. The van der Waals surface area contributed by atoms with Gasteiger partial charge in [-0.15, -0.1) is 0 Å². The second-order valence-electron chi connectivity index (χ2n) is 8.07. The summed E-state index contributed by atoms with van der Waals surface area (Å²) in [5.74, 6) is -0.256. The minimum atomic E-state index is -0.843. The number of aromatic nitrogens is 1. The van der Waals surface area contributed by atoms with Crippen LogP contribution in [0.25, 0.3) is 11.1 Å². The summed E-state index contributed by atoms with van der Waals surface area (Å²) < 4.78 is 14.9. The van der Waals surface area contributed by atoms with Crippen LogP contribution in [0, 0.1) is 5.82 Å². The van der Waals surface area contributed by atoms with Crippen molar-refractivity contribution >= 4 is 0 Å². The molecule has 1 aliphatic heterocycles. The summed E-state index contributed by atoms with van der Waals surface area (Å²) in [5, 5.41) is 17.4. The monoisotopic (exact) mass is 381 g/mol. The molecule has 28 heavy (non-hydrogen) atoms. The highest BCUT2D eigenvalue weighted by Crippen LogP contribution is 2.41. The Labute approximate surface area is 165 Å². The van der Waals surface area contributed by atoms with Crippen molar-refractivity contribution in [3.8, 4) is 11.1 Å². The van der Waals surface area contributed by atoms with Gasteiger partial charge in [0.1, 0.15) is 11.4 Å². The highest BCUT2D eigenvalue weighted by atomic mass is 19.1. The first-order valence-electron chi connectivity index (χ1n) is 10.2. The lowest BCUT2D eigenvalue weighted by atomic mass is 9.77. The number of benzene rings is 1. The molecule has 4 nitrogen and oxygen atoms in total. The molecule has 0 amide bonds. The summed E-state index contributed by atoms with van der Waals surface area (Å²) in [4.78, 5) is 4.31. The molecule has 2 aliphatic rings. The van der Waals surface area contributed by atoms with Crippen LogP contribution in [-0.4, -0.2) is 16.1 Å². The summed E-state index contributed by atoms with van der Waals surface area (Å²) in [5.41, 5.74) is 3.16. The predicted octanol–water partition coefficient (Wildman–Crippen LogP) is 4.52. The number of aliphatic hydroxyl groups is 1. The van der Waals surface area contributed by atoms with E-state index in [1.165, 1.54) is 0 Å². The van der Waals surface area contributed by atoms with Crippen molar-refractivity contribution in [2.24, 2.45) is 0 Å². The third kappa shape index (κ3) is 3.63. The molecule has 2 aromatic rings. The fourth-order valence-electron chi connectivity index (χ4n) is 3.98. The van der Waals surface area contributed by atoms with Crippen LogP contribution >= 0.6 is 0 Å². The number of rotatable bonds is 6. The van der Waals surface area contributed by atoms with Crippen molar-refractivity contribution < 1.29 is 9.50 Å². The lowest BCUT2D eigenvalue weighted by Gasteiger charge is -2.36. The van der Waals surface area contributed by atoms with Crippen molar-refractivity contribution in [2.75, 3.05) is 0 Å². The molecule has 1 aromatic heterocycles. The van der Waals surface area contributed by atoms with Gasteiger partial charge in [0.2, 0.25) is 0 Å². The maximum atomic E-state index is 14.9. The second-order valence-corrected chi connectivity index (χ2v) is 8.07. The molecule has 0 saturated heterocycles. The molecular formula is C23H28FN3O. The average Bonchev–Trinajstić information content (AvgIpc) is 3.13. The van der Waals surface area contributed by atoms with E-state index in [-0.39, 0.29) is 11.9 Å². The van der Waals surface area contributed by atoms with Crippen molar-refractivity contribution in [3.05, 3.63) is 65.5 Å². The summed E-state index contributed by atoms with van der Waals surface area (Å²) in [7, 11) is 0. The molecule has 148 valence electrons. The highest BCUT2D eigenvalue weighted by Gasteiger charge is 2.37. The van der Waals surface area contributed by atoms with Crippen LogP contribution in [-0.2, 0) is 5.60 Å². The van der Waals surface area contributed by atoms with Crippen LogP contribution < -0.4 is 10.6 Å². The maximum absolute atomic E-state index is 14.9. The molecule has 1 aliphatic carbocycles. The van der Waals surface area contributed by atoms with Gasteiger partial charge in [0, 0.05) is 42.2 Å². The maximum Gasteiger partial charge on any atom is 0.131 e. The van der Waals surface area contributed by atoms with E-state index in [1.807, 2.05) is 31.3 Å². The minimum absolute atomic E-state index is 0.0240. The topological polar surface area (TPSA) is 57.2 Å². The van der Waals surface area contributed by atoms with Gasteiger partial charge in [0.15, 0.2) is 0 Å². The fourth-order valence-corrected chi connectivity index (χ4v) is 3.98. The van der Waals surface area contributed by atoms with Crippen LogP contribution in [0.4, 0.5) is 4.39 Å². The number of pyridine rings is 1. The lowest BCUT2D eigenvalue weighted by Crippen LogP contribution is -2.34. The molecule has 1 unspecified atom stereocenters. The van der Waals surface area contributed by atoms with E-state index in [9.17, 15) is 9.50 Å². The Morgan fingerprint density at radius 2 is 2.14 bits per heavy atom.